The predicted octanol–water partition coefficient (Wildman–Crippen LogP) is 2.52. The van der Waals surface area contributed by atoms with Crippen LogP contribution in [0.25, 0.3) is 0 Å². The van der Waals surface area contributed by atoms with Gasteiger partial charge in [-0.1, -0.05) is 43.3 Å². The Kier molecular flexibility index (Phi) is 8.22. The summed E-state index contributed by atoms with van der Waals surface area (Å²) in [6.07, 6.45) is 1.17. The minimum atomic E-state index is -3.88. The maximum absolute atomic E-state index is 14.3. The van der Waals surface area contributed by atoms with E-state index in [1.165, 1.54) is 23.8 Å². The van der Waals surface area contributed by atoms with Crippen LogP contribution in [0, 0.1) is 5.82 Å². The van der Waals surface area contributed by atoms with Gasteiger partial charge in [-0.3, -0.25) is 14.0 Å². The fraction of sp³-hybridized carbons (Fsp3) is 0.435. The van der Waals surface area contributed by atoms with Gasteiger partial charge in [0.15, 0.2) is 0 Å². The third kappa shape index (κ3) is 6.27. The first-order valence-corrected chi connectivity index (χ1v) is 12.5. The van der Waals surface area contributed by atoms with Crippen LogP contribution in [0.2, 0.25) is 0 Å². The highest BCUT2D eigenvalue weighted by molar-refractivity contribution is 7.92. The number of hydrogen-bond donors (Lipinski definition) is 1. The molecule has 0 aliphatic carbocycles. The Balaban J connectivity index is 1.66. The average molecular weight is 464 g/mol. The highest BCUT2D eigenvalue weighted by atomic mass is 32.2. The molecule has 2 aromatic rings. The Hall–Kier alpha value is -2.49. The van der Waals surface area contributed by atoms with Gasteiger partial charge in [0.2, 0.25) is 15.9 Å². The lowest BCUT2D eigenvalue weighted by molar-refractivity contribution is -0.122. The van der Waals surface area contributed by atoms with Crippen molar-refractivity contribution in [2.24, 2.45) is 0 Å². The standard InChI is InChI=1S/C23H30FN3O4S/c1-3-21(27(32(2,29)30)22-7-5-4-6-20(22)24)23(28)25-16-18-8-10-19(11-9-18)17-26-12-14-31-15-13-26/h4-11,21H,3,12-17H2,1-2H3,(H,25,28)/t21-/m1/s1. The average Bonchev–Trinajstić information content (AvgIpc) is 2.77. The van der Waals surface area contributed by atoms with E-state index in [0.717, 1.165) is 49.0 Å². The number of benzene rings is 2. The van der Waals surface area contributed by atoms with Gasteiger partial charge < -0.3 is 10.1 Å². The number of hydrogen-bond acceptors (Lipinski definition) is 5. The molecule has 1 heterocycles. The lowest BCUT2D eigenvalue weighted by atomic mass is 10.1. The summed E-state index contributed by atoms with van der Waals surface area (Å²) < 4.78 is 45.4. The topological polar surface area (TPSA) is 79.0 Å². The third-order valence-electron chi connectivity index (χ3n) is 5.42. The molecule has 0 bridgehead atoms. The molecule has 7 nitrogen and oxygen atoms in total. The van der Waals surface area contributed by atoms with Crippen LogP contribution in [0.3, 0.4) is 0 Å². The number of anilines is 1. The molecule has 32 heavy (non-hydrogen) atoms. The van der Waals surface area contributed by atoms with Gasteiger partial charge in [0.1, 0.15) is 11.9 Å². The molecule has 9 heteroatoms. The van der Waals surface area contributed by atoms with Crippen molar-refractivity contribution in [2.45, 2.75) is 32.5 Å². The molecule has 1 aliphatic rings. The number of para-hydroxylation sites is 1. The van der Waals surface area contributed by atoms with Gasteiger partial charge in [0.05, 0.1) is 25.2 Å². The van der Waals surface area contributed by atoms with Crippen molar-refractivity contribution in [3.63, 3.8) is 0 Å². The number of morpholine rings is 1. The zero-order chi connectivity index (χ0) is 23.1. The predicted molar refractivity (Wildman–Crippen MR) is 122 cm³/mol. The van der Waals surface area contributed by atoms with Gasteiger partial charge in [-0.05, 0) is 29.7 Å². The number of ether oxygens (including phenoxy) is 1. The molecule has 0 aromatic heterocycles. The molecule has 1 aliphatic heterocycles. The summed E-state index contributed by atoms with van der Waals surface area (Å²) in [5, 5.41) is 2.80. The second-order valence-electron chi connectivity index (χ2n) is 7.86. The van der Waals surface area contributed by atoms with Crippen LogP contribution in [0.4, 0.5) is 10.1 Å². The molecule has 0 unspecified atom stereocenters. The zero-order valence-electron chi connectivity index (χ0n) is 18.5. The smallest absolute Gasteiger partial charge is 0.244 e. The second kappa shape index (κ2) is 10.9. The number of carbonyl (C=O) groups excluding carboxylic acids is 1. The number of rotatable bonds is 9. The van der Waals surface area contributed by atoms with Crippen molar-refractivity contribution in [1.82, 2.24) is 10.2 Å². The van der Waals surface area contributed by atoms with E-state index in [-0.39, 0.29) is 18.7 Å². The van der Waals surface area contributed by atoms with Crippen LogP contribution in [-0.4, -0.2) is 57.8 Å². The number of amides is 1. The van der Waals surface area contributed by atoms with E-state index in [1.807, 2.05) is 24.3 Å². The van der Waals surface area contributed by atoms with E-state index >= 15 is 0 Å². The molecule has 0 spiro atoms. The summed E-state index contributed by atoms with van der Waals surface area (Å²) in [4.78, 5) is 15.2. The van der Waals surface area contributed by atoms with Gasteiger partial charge in [-0.15, -0.1) is 0 Å². The highest BCUT2D eigenvalue weighted by Gasteiger charge is 2.32. The third-order valence-corrected chi connectivity index (χ3v) is 6.58. The van der Waals surface area contributed by atoms with Crippen molar-refractivity contribution >= 4 is 21.6 Å². The van der Waals surface area contributed by atoms with Crippen LogP contribution in [0.5, 0.6) is 0 Å². The van der Waals surface area contributed by atoms with Crippen molar-refractivity contribution in [2.75, 3.05) is 36.9 Å². The molecule has 174 valence electrons. The molecule has 3 rings (SSSR count). The number of carbonyl (C=O) groups is 1. The maximum Gasteiger partial charge on any atom is 0.244 e. The fourth-order valence-corrected chi connectivity index (χ4v) is 4.97. The van der Waals surface area contributed by atoms with E-state index in [1.54, 1.807) is 13.0 Å². The molecule has 2 aromatic carbocycles. The molecule has 1 saturated heterocycles. The van der Waals surface area contributed by atoms with E-state index in [9.17, 15) is 17.6 Å². The summed E-state index contributed by atoms with van der Waals surface area (Å²) in [6.45, 7) is 6.12. The van der Waals surface area contributed by atoms with Gasteiger partial charge in [-0.2, -0.15) is 0 Å². The van der Waals surface area contributed by atoms with Gasteiger partial charge in [0, 0.05) is 26.2 Å². The van der Waals surface area contributed by atoms with Crippen LogP contribution in [-0.2, 0) is 32.6 Å². The zero-order valence-corrected chi connectivity index (χ0v) is 19.3. The monoisotopic (exact) mass is 463 g/mol. The van der Waals surface area contributed by atoms with E-state index in [0.29, 0.717) is 0 Å². The molecular formula is C23H30FN3O4S. The quantitative estimate of drug-likeness (QED) is 0.618. The van der Waals surface area contributed by atoms with Crippen LogP contribution >= 0.6 is 0 Å². The van der Waals surface area contributed by atoms with Crippen molar-refractivity contribution in [3.05, 3.63) is 65.5 Å². The molecule has 1 amide bonds. The van der Waals surface area contributed by atoms with Gasteiger partial charge in [-0.25, -0.2) is 12.8 Å². The lowest BCUT2D eigenvalue weighted by Gasteiger charge is -2.30. The Morgan fingerprint density at radius 2 is 1.75 bits per heavy atom. The summed E-state index contributed by atoms with van der Waals surface area (Å²) >= 11 is 0. The van der Waals surface area contributed by atoms with Crippen LogP contribution in [0.1, 0.15) is 24.5 Å². The van der Waals surface area contributed by atoms with Crippen molar-refractivity contribution in [1.29, 1.82) is 0 Å². The first-order valence-electron chi connectivity index (χ1n) is 10.7. The summed E-state index contributed by atoms with van der Waals surface area (Å²) in [5.41, 5.74) is 1.94. The van der Waals surface area contributed by atoms with E-state index in [4.69, 9.17) is 4.74 Å². The van der Waals surface area contributed by atoms with Crippen molar-refractivity contribution in [3.8, 4) is 0 Å². The number of nitrogens with zero attached hydrogens (tertiary/aromatic N) is 2. The normalized spacial score (nSPS) is 15.8. The SMILES string of the molecule is CC[C@H](C(=O)NCc1ccc(CN2CCOCC2)cc1)N(c1ccccc1F)S(C)(=O)=O. The second-order valence-corrected chi connectivity index (χ2v) is 9.72. The lowest BCUT2D eigenvalue weighted by Crippen LogP contribution is -2.49. The minimum absolute atomic E-state index is 0.135. The largest absolute Gasteiger partial charge is 0.379 e. The van der Waals surface area contributed by atoms with Gasteiger partial charge in [0.25, 0.3) is 0 Å². The molecular weight excluding hydrogens is 433 g/mol. The minimum Gasteiger partial charge on any atom is -0.379 e. The van der Waals surface area contributed by atoms with Gasteiger partial charge >= 0.3 is 0 Å². The molecule has 1 fully saturated rings. The summed E-state index contributed by atoms with van der Waals surface area (Å²) in [5.74, 6) is -1.17. The highest BCUT2D eigenvalue weighted by Crippen LogP contribution is 2.25. The first-order chi connectivity index (χ1) is 15.3. The molecule has 0 radical (unpaired) electrons. The number of sulfonamides is 1. The molecule has 1 atom stereocenters. The Bertz CT molecular complexity index is 1010. The van der Waals surface area contributed by atoms with Crippen LogP contribution in [0.15, 0.2) is 48.5 Å². The Morgan fingerprint density at radius 1 is 1.12 bits per heavy atom. The summed E-state index contributed by atoms with van der Waals surface area (Å²) in [7, 11) is -3.88. The molecule has 0 saturated carbocycles. The van der Waals surface area contributed by atoms with E-state index in [2.05, 4.69) is 10.2 Å². The maximum atomic E-state index is 14.3. The Morgan fingerprint density at radius 3 is 2.34 bits per heavy atom. The fourth-order valence-electron chi connectivity index (χ4n) is 3.75. The molecule has 1 N–H and O–H groups in total. The van der Waals surface area contributed by atoms with E-state index < -0.39 is 27.8 Å². The number of nitrogens with one attached hydrogen (secondary N) is 1. The van der Waals surface area contributed by atoms with Crippen LogP contribution < -0.4 is 9.62 Å². The van der Waals surface area contributed by atoms with Crippen molar-refractivity contribution < 1.29 is 22.3 Å². The number of halogens is 1. The summed E-state index contributed by atoms with van der Waals surface area (Å²) in [6, 6.07) is 12.4. The first kappa shape index (κ1) is 24.2. The Labute approximate surface area is 189 Å².